The molecule has 1 atom stereocenters. The first-order valence-corrected chi connectivity index (χ1v) is 14.2. The Bertz CT molecular complexity index is 1630. The quantitative estimate of drug-likeness (QED) is 0.130. The molecule has 7 nitrogen and oxygen atoms in total. The predicted molar refractivity (Wildman–Crippen MR) is 167 cm³/mol. The fourth-order valence-electron chi connectivity index (χ4n) is 4.78. The molecule has 0 amide bonds. The molecular weight excluding hydrogens is 619 g/mol. The molecule has 5 aromatic rings. The molecular formula is C32H31IN2O5. The van der Waals surface area contributed by atoms with E-state index >= 15 is 0 Å². The van der Waals surface area contributed by atoms with E-state index < -0.39 is 12.1 Å². The van der Waals surface area contributed by atoms with Gasteiger partial charge in [-0.05, 0) is 89.2 Å². The molecule has 3 N–H and O–H groups in total. The monoisotopic (exact) mass is 650 g/mol. The van der Waals surface area contributed by atoms with Crippen molar-refractivity contribution in [2.75, 3.05) is 24.6 Å². The van der Waals surface area contributed by atoms with E-state index in [2.05, 4.69) is 52.4 Å². The molecule has 4 aromatic carbocycles. The van der Waals surface area contributed by atoms with Crippen LogP contribution >= 0.6 is 22.6 Å². The first-order chi connectivity index (χ1) is 19.3. The maximum absolute atomic E-state index is 11.2. The van der Waals surface area contributed by atoms with E-state index in [-0.39, 0.29) is 12.2 Å². The van der Waals surface area contributed by atoms with E-state index in [1.54, 1.807) is 12.1 Å². The zero-order chi connectivity index (χ0) is 28.2. The Morgan fingerprint density at radius 1 is 0.925 bits per heavy atom. The molecule has 1 aromatic heterocycles. The Labute approximate surface area is 246 Å². The van der Waals surface area contributed by atoms with Gasteiger partial charge in [-0.25, -0.2) is 4.79 Å². The first kappa shape index (κ1) is 27.8. The topological polar surface area (TPSA) is 95.0 Å². The number of carbonyl (C=O) groups is 1. The van der Waals surface area contributed by atoms with Crippen LogP contribution in [-0.4, -0.2) is 47.0 Å². The van der Waals surface area contributed by atoms with Crippen molar-refractivity contribution >= 4 is 56.1 Å². The third-order valence-corrected chi connectivity index (χ3v) is 7.39. The number of hydrogen-bond acceptors (Lipinski definition) is 5. The fraction of sp³-hybridized carbons (Fsp3) is 0.219. The zero-order valence-electron chi connectivity index (χ0n) is 22.3. The summed E-state index contributed by atoms with van der Waals surface area (Å²) in [6.07, 6.45) is -0.704. The summed E-state index contributed by atoms with van der Waals surface area (Å²) in [6, 6.07) is 26.5. The number of benzene rings is 4. The summed E-state index contributed by atoms with van der Waals surface area (Å²) in [4.78, 5) is 16.8. The van der Waals surface area contributed by atoms with Crippen LogP contribution in [0.25, 0.3) is 21.8 Å². The molecule has 0 radical (unpaired) electrons. The van der Waals surface area contributed by atoms with Crippen molar-refractivity contribution in [3.63, 3.8) is 0 Å². The van der Waals surface area contributed by atoms with Gasteiger partial charge in [0.15, 0.2) is 0 Å². The Hall–Kier alpha value is -3.76. The van der Waals surface area contributed by atoms with E-state index in [1.807, 2.05) is 60.7 Å². The molecule has 8 heteroatoms. The number of hydrogen-bond donors (Lipinski definition) is 3. The summed E-state index contributed by atoms with van der Waals surface area (Å²) in [5.41, 5.74) is 3.24. The van der Waals surface area contributed by atoms with Crippen LogP contribution in [0.3, 0.4) is 0 Å². The molecule has 0 saturated carbocycles. The lowest BCUT2D eigenvalue weighted by molar-refractivity contribution is 0.0696. The van der Waals surface area contributed by atoms with Crippen LogP contribution in [-0.2, 0) is 0 Å². The lowest BCUT2D eigenvalue weighted by Gasteiger charge is -2.29. The molecule has 0 unspecified atom stereocenters. The second kappa shape index (κ2) is 12.2. The molecule has 1 heterocycles. The number of anilines is 1. The van der Waals surface area contributed by atoms with Gasteiger partial charge in [0.1, 0.15) is 30.0 Å². The van der Waals surface area contributed by atoms with Crippen molar-refractivity contribution in [2.24, 2.45) is 5.92 Å². The number of H-pyrrole nitrogens is 1. The number of ether oxygens (including phenoxy) is 2. The van der Waals surface area contributed by atoms with Crippen molar-refractivity contribution < 1.29 is 24.5 Å². The van der Waals surface area contributed by atoms with E-state index in [1.165, 1.54) is 6.07 Å². The molecule has 0 saturated heterocycles. The van der Waals surface area contributed by atoms with Gasteiger partial charge in [0, 0.05) is 35.1 Å². The number of aromatic nitrogens is 1. The second-order valence-electron chi connectivity index (χ2n) is 10.2. The van der Waals surface area contributed by atoms with E-state index in [4.69, 9.17) is 9.47 Å². The number of rotatable bonds is 11. The van der Waals surface area contributed by atoms with Crippen LogP contribution in [0.4, 0.5) is 5.69 Å². The Balaban J connectivity index is 1.26. The lowest BCUT2D eigenvalue weighted by Crippen LogP contribution is -2.37. The number of nitrogens with one attached hydrogen (secondary N) is 1. The van der Waals surface area contributed by atoms with Gasteiger partial charge in [-0.2, -0.15) is 0 Å². The maximum atomic E-state index is 11.2. The smallest absolute Gasteiger partial charge is 0.335 e. The summed E-state index contributed by atoms with van der Waals surface area (Å²) in [5.74, 6) is 1.40. The zero-order valence-corrected chi connectivity index (χ0v) is 24.5. The molecule has 5 rings (SSSR count). The third kappa shape index (κ3) is 6.34. The van der Waals surface area contributed by atoms with Gasteiger partial charge < -0.3 is 29.6 Å². The largest absolute Gasteiger partial charge is 0.490 e. The minimum Gasteiger partial charge on any atom is -0.490 e. The third-order valence-electron chi connectivity index (χ3n) is 6.55. The molecule has 40 heavy (non-hydrogen) atoms. The number of halogens is 1. The van der Waals surface area contributed by atoms with Crippen LogP contribution < -0.4 is 14.4 Å². The standard InChI is InChI=1S/C32H31IN2O5/c1-20(2)17-35(22-11-13-24(14-12-22)40-29-15-10-21(32(37)38)16-26(29)33)18-23(36)19-39-30-9-5-8-28-31(30)25-6-3-4-7-27(25)34-28/h3-16,20,23,34,36H,17-19H2,1-2H3,(H,37,38)/t23-/m0/s1. The van der Waals surface area contributed by atoms with Crippen LogP contribution in [0.15, 0.2) is 84.9 Å². The first-order valence-electron chi connectivity index (χ1n) is 13.1. The number of fused-ring (bicyclic) bond motifs is 3. The minimum absolute atomic E-state index is 0.166. The van der Waals surface area contributed by atoms with Gasteiger partial charge in [-0.1, -0.05) is 38.1 Å². The van der Waals surface area contributed by atoms with Crippen LogP contribution in [0.1, 0.15) is 24.2 Å². The van der Waals surface area contributed by atoms with Crippen LogP contribution in [0.2, 0.25) is 0 Å². The summed E-state index contributed by atoms with van der Waals surface area (Å²) < 4.78 is 12.9. The molecule has 0 spiro atoms. The fourth-order valence-corrected chi connectivity index (χ4v) is 5.40. The Kier molecular flexibility index (Phi) is 8.46. The van der Waals surface area contributed by atoms with Crippen molar-refractivity contribution in [1.29, 1.82) is 0 Å². The second-order valence-corrected chi connectivity index (χ2v) is 11.3. The highest BCUT2D eigenvalue weighted by atomic mass is 127. The van der Waals surface area contributed by atoms with Crippen molar-refractivity contribution in [3.8, 4) is 17.2 Å². The number of aromatic carboxylic acids is 1. The van der Waals surface area contributed by atoms with Gasteiger partial charge >= 0.3 is 5.97 Å². The number of carboxylic acid groups (broad SMARTS) is 1. The van der Waals surface area contributed by atoms with Crippen molar-refractivity contribution in [1.82, 2.24) is 4.98 Å². The molecule has 0 fully saturated rings. The van der Waals surface area contributed by atoms with E-state index in [0.717, 1.165) is 43.4 Å². The minimum atomic E-state index is -0.971. The van der Waals surface area contributed by atoms with Crippen molar-refractivity contribution in [3.05, 3.63) is 94.1 Å². The molecule has 0 aliphatic carbocycles. The maximum Gasteiger partial charge on any atom is 0.335 e. The molecule has 0 bridgehead atoms. The Morgan fingerprint density at radius 2 is 1.68 bits per heavy atom. The summed E-state index contributed by atoms with van der Waals surface area (Å²) in [5, 5.41) is 22.3. The van der Waals surface area contributed by atoms with E-state index in [9.17, 15) is 15.0 Å². The van der Waals surface area contributed by atoms with Crippen LogP contribution in [0.5, 0.6) is 17.2 Å². The summed E-state index contributed by atoms with van der Waals surface area (Å²) >= 11 is 2.07. The van der Waals surface area contributed by atoms with E-state index in [0.29, 0.717) is 24.0 Å². The van der Waals surface area contributed by atoms with Gasteiger partial charge in [-0.3, -0.25) is 0 Å². The highest BCUT2D eigenvalue weighted by Gasteiger charge is 2.17. The van der Waals surface area contributed by atoms with Gasteiger partial charge in [-0.15, -0.1) is 0 Å². The number of aliphatic hydroxyl groups excluding tert-OH is 1. The highest BCUT2D eigenvalue weighted by molar-refractivity contribution is 14.1. The highest BCUT2D eigenvalue weighted by Crippen LogP contribution is 2.33. The predicted octanol–water partition coefficient (Wildman–Crippen LogP) is 7.32. The number of para-hydroxylation sites is 1. The van der Waals surface area contributed by atoms with Gasteiger partial charge in [0.05, 0.1) is 14.7 Å². The molecule has 0 aliphatic heterocycles. The normalized spacial score (nSPS) is 12.1. The molecule has 0 aliphatic rings. The number of aromatic amines is 1. The number of nitrogens with zero attached hydrogens (tertiary/aromatic N) is 1. The van der Waals surface area contributed by atoms with Gasteiger partial charge in [0.2, 0.25) is 0 Å². The lowest BCUT2D eigenvalue weighted by atomic mass is 10.1. The molecule has 206 valence electrons. The van der Waals surface area contributed by atoms with Crippen LogP contribution in [0, 0.1) is 9.49 Å². The average molecular weight is 651 g/mol. The summed E-state index contributed by atoms with van der Waals surface area (Å²) in [7, 11) is 0. The number of aliphatic hydroxyl groups is 1. The summed E-state index contributed by atoms with van der Waals surface area (Å²) in [6.45, 7) is 5.64. The SMILES string of the molecule is CC(C)CN(C[C@H](O)COc1cccc2[nH]c3ccccc3c12)c1ccc(Oc2ccc(C(=O)O)cc2I)cc1. The average Bonchev–Trinajstić information content (AvgIpc) is 3.32. The van der Waals surface area contributed by atoms with Crippen molar-refractivity contribution in [2.45, 2.75) is 20.0 Å². The Morgan fingerprint density at radius 3 is 2.40 bits per heavy atom. The van der Waals surface area contributed by atoms with Gasteiger partial charge in [0.25, 0.3) is 0 Å². The number of carboxylic acids is 1.